The minimum Gasteiger partial charge on any atom is -0.368 e. The second-order valence-electron chi connectivity index (χ2n) is 4.08. The van der Waals surface area contributed by atoms with Gasteiger partial charge < -0.3 is 5.32 Å². The van der Waals surface area contributed by atoms with Gasteiger partial charge in [-0.1, -0.05) is 0 Å². The van der Waals surface area contributed by atoms with Gasteiger partial charge in [0.25, 0.3) is 0 Å². The van der Waals surface area contributed by atoms with E-state index in [0.717, 1.165) is 0 Å². The van der Waals surface area contributed by atoms with Crippen LogP contribution in [0.15, 0.2) is 12.3 Å². The van der Waals surface area contributed by atoms with Crippen LogP contribution in [0.25, 0.3) is 0 Å². The van der Waals surface area contributed by atoms with Gasteiger partial charge >= 0.3 is 12.1 Å². The molecule has 1 aromatic heterocycles. The molecule has 0 saturated heterocycles. The highest BCUT2D eigenvalue weighted by Gasteiger charge is 2.64. The Morgan fingerprint density at radius 2 is 2.00 bits per heavy atom. The van der Waals surface area contributed by atoms with Crippen molar-refractivity contribution < 1.29 is 22.0 Å². The average Bonchev–Trinajstić information content (AvgIpc) is 2.61. The molecule has 0 amide bonds. The summed E-state index contributed by atoms with van der Waals surface area (Å²) in [6.45, 7) is 1.55. The predicted molar refractivity (Wildman–Crippen MR) is 50.0 cm³/mol. The van der Waals surface area contributed by atoms with Crippen LogP contribution >= 0.6 is 0 Å². The lowest BCUT2D eigenvalue weighted by Gasteiger charge is -2.35. The number of nitrogens with zero attached hydrogens (tertiary/aromatic N) is 2. The summed E-state index contributed by atoms with van der Waals surface area (Å²) >= 11 is 0. The van der Waals surface area contributed by atoms with E-state index in [-0.39, 0.29) is 12.2 Å². The number of hydrogen-bond acceptors (Lipinski definition) is 2. The van der Waals surface area contributed by atoms with Crippen LogP contribution in [0, 0.1) is 0 Å². The van der Waals surface area contributed by atoms with Gasteiger partial charge in [-0.25, -0.2) is 4.68 Å². The van der Waals surface area contributed by atoms with E-state index in [1.54, 1.807) is 6.92 Å². The number of halogens is 5. The average molecular weight is 255 g/mol. The van der Waals surface area contributed by atoms with E-state index in [9.17, 15) is 22.0 Å². The fraction of sp³-hybridized carbons (Fsp3) is 0.667. The fourth-order valence-electron chi connectivity index (χ4n) is 1.91. The van der Waals surface area contributed by atoms with Crippen molar-refractivity contribution in [2.75, 3.05) is 5.32 Å². The predicted octanol–water partition coefficient (Wildman–Crippen LogP) is 2.83. The number of aromatic nitrogens is 2. The van der Waals surface area contributed by atoms with E-state index < -0.39 is 24.2 Å². The summed E-state index contributed by atoms with van der Waals surface area (Å²) in [6, 6.07) is -1.09. The Morgan fingerprint density at radius 1 is 1.35 bits per heavy atom. The molecule has 1 aliphatic heterocycles. The van der Waals surface area contributed by atoms with E-state index in [2.05, 4.69) is 10.4 Å². The molecular weight excluding hydrogens is 245 g/mol. The van der Waals surface area contributed by atoms with Gasteiger partial charge in [0.1, 0.15) is 11.9 Å². The Labute approximate surface area is 93.6 Å². The van der Waals surface area contributed by atoms with Gasteiger partial charge in [0.05, 0.1) is 6.20 Å². The zero-order chi connectivity index (χ0) is 12.8. The Kier molecular flexibility index (Phi) is 2.55. The minimum absolute atomic E-state index is 0.178. The molecule has 0 bridgehead atoms. The van der Waals surface area contributed by atoms with Gasteiger partial charge in [-0.05, 0) is 13.3 Å². The molecule has 2 heterocycles. The van der Waals surface area contributed by atoms with E-state index >= 15 is 0 Å². The quantitative estimate of drug-likeness (QED) is 0.782. The summed E-state index contributed by atoms with van der Waals surface area (Å²) in [5.74, 6) is -4.61. The summed E-state index contributed by atoms with van der Waals surface area (Å²) < 4.78 is 64.4. The summed E-state index contributed by atoms with van der Waals surface area (Å²) in [7, 11) is 0. The summed E-state index contributed by atoms with van der Waals surface area (Å²) in [6.07, 6.45) is -4.71. The van der Waals surface area contributed by atoms with Gasteiger partial charge in [-0.15, -0.1) is 0 Å². The lowest BCUT2D eigenvalue weighted by Crippen LogP contribution is -2.48. The highest BCUT2D eigenvalue weighted by Crippen LogP contribution is 2.47. The first-order chi connectivity index (χ1) is 7.73. The summed E-state index contributed by atoms with van der Waals surface area (Å²) in [5, 5.41) is 6.32. The third kappa shape index (κ3) is 1.85. The number of alkyl halides is 5. The fourth-order valence-corrected chi connectivity index (χ4v) is 1.91. The topological polar surface area (TPSA) is 29.9 Å². The molecule has 2 atom stereocenters. The van der Waals surface area contributed by atoms with Gasteiger partial charge in [-0.3, -0.25) is 0 Å². The number of anilines is 1. The molecule has 2 rings (SSSR count). The van der Waals surface area contributed by atoms with Gasteiger partial charge in [-0.2, -0.15) is 27.1 Å². The highest BCUT2D eigenvalue weighted by atomic mass is 19.4. The SMILES string of the molecule is C[C@@H]1C[C@H](C(F)(F)C(F)(F)F)n2nccc2N1. The van der Waals surface area contributed by atoms with E-state index in [0.29, 0.717) is 4.68 Å². The van der Waals surface area contributed by atoms with Crippen LogP contribution in [0.2, 0.25) is 0 Å². The van der Waals surface area contributed by atoms with Gasteiger partial charge in [0.2, 0.25) is 0 Å². The Bertz CT molecular complexity index is 411. The van der Waals surface area contributed by atoms with Gasteiger partial charge in [0, 0.05) is 12.1 Å². The maximum absolute atomic E-state index is 13.3. The summed E-state index contributed by atoms with van der Waals surface area (Å²) in [4.78, 5) is 0. The van der Waals surface area contributed by atoms with Crippen LogP contribution in [0.1, 0.15) is 19.4 Å². The molecular formula is C9H10F5N3. The molecule has 8 heteroatoms. The molecule has 17 heavy (non-hydrogen) atoms. The first kappa shape index (κ1) is 12.1. The van der Waals surface area contributed by atoms with Crippen LogP contribution in [0.3, 0.4) is 0 Å². The first-order valence-corrected chi connectivity index (χ1v) is 4.98. The van der Waals surface area contributed by atoms with Crippen molar-refractivity contribution in [1.82, 2.24) is 9.78 Å². The lowest BCUT2D eigenvalue weighted by molar-refractivity contribution is -0.301. The molecule has 0 saturated carbocycles. The van der Waals surface area contributed by atoms with Crippen molar-refractivity contribution in [2.24, 2.45) is 0 Å². The maximum atomic E-state index is 13.3. The van der Waals surface area contributed by atoms with Gasteiger partial charge in [0.15, 0.2) is 0 Å². The van der Waals surface area contributed by atoms with Crippen LogP contribution in [-0.4, -0.2) is 27.9 Å². The molecule has 0 radical (unpaired) electrons. The van der Waals surface area contributed by atoms with Crippen molar-refractivity contribution >= 4 is 5.82 Å². The van der Waals surface area contributed by atoms with Crippen molar-refractivity contribution in [3.8, 4) is 0 Å². The second kappa shape index (κ2) is 3.58. The zero-order valence-corrected chi connectivity index (χ0v) is 8.80. The smallest absolute Gasteiger partial charge is 0.368 e. The molecule has 3 nitrogen and oxygen atoms in total. The second-order valence-corrected chi connectivity index (χ2v) is 4.08. The molecule has 1 aliphatic rings. The number of hydrogen-bond donors (Lipinski definition) is 1. The molecule has 0 spiro atoms. The van der Waals surface area contributed by atoms with Crippen LogP contribution in [-0.2, 0) is 0 Å². The van der Waals surface area contributed by atoms with E-state index in [1.165, 1.54) is 12.3 Å². The van der Waals surface area contributed by atoms with Crippen LogP contribution in [0.5, 0.6) is 0 Å². The van der Waals surface area contributed by atoms with Crippen molar-refractivity contribution in [2.45, 2.75) is 37.5 Å². The molecule has 0 fully saturated rings. The van der Waals surface area contributed by atoms with Crippen molar-refractivity contribution in [3.63, 3.8) is 0 Å². The van der Waals surface area contributed by atoms with Crippen LogP contribution in [0.4, 0.5) is 27.8 Å². The zero-order valence-electron chi connectivity index (χ0n) is 8.80. The lowest BCUT2D eigenvalue weighted by atomic mass is 9.99. The highest BCUT2D eigenvalue weighted by molar-refractivity contribution is 5.38. The summed E-state index contributed by atoms with van der Waals surface area (Å²) in [5.41, 5.74) is 0. The largest absolute Gasteiger partial charge is 0.455 e. The number of fused-ring (bicyclic) bond motifs is 1. The number of nitrogens with one attached hydrogen (secondary N) is 1. The normalized spacial score (nSPS) is 25.3. The molecule has 96 valence electrons. The molecule has 1 aromatic rings. The monoisotopic (exact) mass is 255 g/mol. The maximum Gasteiger partial charge on any atom is 0.455 e. The molecule has 0 aromatic carbocycles. The van der Waals surface area contributed by atoms with E-state index in [4.69, 9.17) is 0 Å². The van der Waals surface area contributed by atoms with Crippen molar-refractivity contribution in [3.05, 3.63) is 12.3 Å². The van der Waals surface area contributed by atoms with E-state index in [1.807, 2.05) is 0 Å². The Morgan fingerprint density at radius 3 is 2.59 bits per heavy atom. The standard InChI is InChI=1S/C9H10F5N3/c1-5-4-6(8(10,11)9(12,13)14)17-7(16-5)2-3-15-17/h2-3,5-6,16H,4H2,1H3/t5-,6-/m1/s1. The molecule has 0 aliphatic carbocycles. The minimum atomic E-state index is -5.57. The van der Waals surface area contributed by atoms with Crippen molar-refractivity contribution in [1.29, 1.82) is 0 Å². The molecule has 0 unspecified atom stereocenters. The third-order valence-electron chi connectivity index (χ3n) is 2.73. The third-order valence-corrected chi connectivity index (χ3v) is 2.73. The Balaban J connectivity index is 2.41. The Hall–Kier alpha value is -1.34. The first-order valence-electron chi connectivity index (χ1n) is 4.98. The molecule has 1 N–H and O–H groups in total. The number of rotatable bonds is 1. The van der Waals surface area contributed by atoms with Crippen LogP contribution < -0.4 is 5.32 Å².